The van der Waals surface area contributed by atoms with E-state index in [-0.39, 0.29) is 24.8 Å². The van der Waals surface area contributed by atoms with E-state index in [9.17, 15) is 5.11 Å². The van der Waals surface area contributed by atoms with Crippen LogP contribution in [0.2, 0.25) is 0 Å². The summed E-state index contributed by atoms with van der Waals surface area (Å²) < 4.78 is 0.816. The van der Waals surface area contributed by atoms with Crippen LogP contribution in [-0.2, 0) is 0 Å². The summed E-state index contributed by atoms with van der Waals surface area (Å²) in [5.41, 5.74) is 1.36. The van der Waals surface area contributed by atoms with Crippen LogP contribution in [0.4, 0.5) is 0 Å². The molecule has 1 saturated heterocycles. The molecule has 0 radical (unpaired) electrons. The van der Waals surface area contributed by atoms with E-state index >= 15 is 0 Å². The van der Waals surface area contributed by atoms with E-state index in [4.69, 9.17) is 0 Å². The van der Waals surface area contributed by atoms with Gasteiger partial charge in [-0.25, -0.2) is 0 Å². The minimum atomic E-state index is 0. The van der Waals surface area contributed by atoms with Gasteiger partial charge in [-0.2, -0.15) is 0 Å². The number of hydrogen-bond acceptors (Lipinski definition) is 3. The fourth-order valence-electron chi connectivity index (χ4n) is 3.90. The van der Waals surface area contributed by atoms with Gasteiger partial charge in [-0.3, -0.25) is 4.90 Å². The highest BCUT2D eigenvalue weighted by molar-refractivity contribution is 9.10. The molecular formula is C17H27BrCl2N2O. The van der Waals surface area contributed by atoms with Crippen molar-refractivity contribution in [2.75, 3.05) is 26.2 Å². The number of rotatable bonds is 3. The van der Waals surface area contributed by atoms with Crippen molar-refractivity contribution in [3.63, 3.8) is 0 Å². The number of nitrogens with zero attached hydrogens (tertiary/aromatic N) is 1. The maximum absolute atomic E-state index is 9.78. The Hall–Kier alpha value is -0.000000000000000111. The van der Waals surface area contributed by atoms with Crippen LogP contribution in [0.3, 0.4) is 0 Å². The number of phenolic OH excluding ortho intramolecular Hbond substituents is 1. The lowest BCUT2D eigenvalue weighted by Crippen LogP contribution is -2.47. The number of hydrogen-bond donors (Lipinski definition) is 2. The molecule has 1 saturated carbocycles. The first-order chi connectivity index (χ1) is 10.3. The zero-order valence-corrected chi connectivity index (χ0v) is 16.6. The van der Waals surface area contributed by atoms with Crippen molar-refractivity contribution in [2.45, 2.75) is 38.1 Å². The molecule has 0 bridgehead atoms. The van der Waals surface area contributed by atoms with Crippen molar-refractivity contribution in [2.24, 2.45) is 5.92 Å². The zero-order valence-electron chi connectivity index (χ0n) is 13.3. The first-order valence-electron chi connectivity index (χ1n) is 8.19. The number of halogens is 3. The van der Waals surface area contributed by atoms with Gasteiger partial charge in [-0.05, 0) is 52.4 Å². The molecule has 1 atom stereocenters. The van der Waals surface area contributed by atoms with Gasteiger partial charge in [0, 0.05) is 32.2 Å². The van der Waals surface area contributed by atoms with Gasteiger partial charge in [-0.1, -0.05) is 25.3 Å². The topological polar surface area (TPSA) is 35.5 Å². The SMILES string of the molecule is Cl.Cl.Oc1ccc([C@H](C2CCCCC2)N2CCNCC2)cc1Br. The van der Waals surface area contributed by atoms with E-state index in [0.717, 1.165) is 36.6 Å². The second-order valence-corrected chi connectivity index (χ2v) is 7.19. The third kappa shape index (κ3) is 5.23. The zero-order chi connectivity index (χ0) is 14.7. The predicted octanol–water partition coefficient (Wildman–Crippen LogP) is 4.52. The van der Waals surface area contributed by atoms with Crippen molar-refractivity contribution in [3.8, 4) is 5.75 Å². The molecule has 1 aromatic rings. The smallest absolute Gasteiger partial charge is 0.129 e. The third-order valence-corrected chi connectivity index (χ3v) is 5.59. The summed E-state index contributed by atoms with van der Waals surface area (Å²) in [6.45, 7) is 4.42. The van der Waals surface area contributed by atoms with Crippen LogP contribution in [-0.4, -0.2) is 36.2 Å². The van der Waals surface area contributed by atoms with E-state index in [0.29, 0.717) is 11.8 Å². The maximum Gasteiger partial charge on any atom is 0.129 e. The fourth-order valence-corrected chi connectivity index (χ4v) is 4.29. The van der Waals surface area contributed by atoms with E-state index in [1.54, 1.807) is 0 Å². The van der Waals surface area contributed by atoms with Crippen molar-refractivity contribution in [1.29, 1.82) is 0 Å². The molecule has 1 heterocycles. The molecule has 2 fully saturated rings. The quantitative estimate of drug-likeness (QED) is 0.746. The molecule has 3 nitrogen and oxygen atoms in total. The average Bonchev–Trinajstić information content (AvgIpc) is 2.53. The van der Waals surface area contributed by atoms with Crippen LogP contribution in [0.15, 0.2) is 22.7 Å². The molecule has 0 unspecified atom stereocenters. The van der Waals surface area contributed by atoms with Crippen LogP contribution in [0, 0.1) is 5.92 Å². The molecule has 0 spiro atoms. The number of nitrogens with one attached hydrogen (secondary N) is 1. The highest BCUT2D eigenvalue weighted by Gasteiger charge is 2.31. The van der Waals surface area contributed by atoms with Gasteiger partial charge < -0.3 is 10.4 Å². The summed E-state index contributed by atoms with van der Waals surface area (Å²) in [5.74, 6) is 1.09. The van der Waals surface area contributed by atoms with Crippen molar-refractivity contribution >= 4 is 40.7 Å². The Morgan fingerprint density at radius 3 is 2.35 bits per heavy atom. The highest BCUT2D eigenvalue weighted by Crippen LogP contribution is 2.40. The van der Waals surface area contributed by atoms with Crippen molar-refractivity contribution in [3.05, 3.63) is 28.2 Å². The summed E-state index contributed by atoms with van der Waals surface area (Å²) in [4.78, 5) is 2.64. The first-order valence-corrected chi connectivity index (χ1v) is 8.98. The monoisotopic (exact) mass is 424 g/mol. The molecule has 1 aromatic carbocycles. The molecular weight excluding hydrogens is 399 g/mol. The van der Waals surface area contributed by atoms with E-state index in [1.807, 2.05) is 6.07 Å². The predicted molar refractivity (Wildman–Crippen MR) is 104 cm³/mol. The number of phenols is 1. The van der Waals surface area contributed by atoms with Crippen LogP contribution in [0.5, 0.6) is 5.75 Å². The standard InChI is InChI=1S/C17H25BrN2O.2ClH/c18-15-12-14(6-7-16(15)21)17(13-4-2-1-3-5-13)20-10-8-19-9-11-20;;/h6-7,12-13,17,19,21H,1-5,8-11H2;2*1H/t17-;;/m0../s1. The molecule has 2 aliphatic rings. The summed E-state index contributed by atoms with van der Waals surface area (Å²) in [5, 5.41) is 13.2. The second-order valence-electron chi connectivity index (χ2n) is 6.34. The van der Waals surface area contributed by atoms with Gasteiger partial charge in [0.1, 0.15) is 5.75 Å². The van der Waals surface area contributed by atoms with Gasteiger partial charge in [0.2, 0.25) is 0 Å². The Kier molecular flexibility index (Phi) is 9.24. The van der Waals surface area contributed by atoms with Crippen molar-refractivity contribution < 1.29 is 5.11 Å². The fraction of sp³-hybridized carbons (Fsp3) is 0.647. The average molecular weight is 426 g/mol. The minimum absolute atomic E-state index is 0. The van der Waals surface area contributed by atoms with Gasteiger partial charge in [-0.15, -0.1) is 24.8 Å². The first kappa shape index (κ1) is 21.0. The third-order valence-electron chi connectivity index (χ3n) is 4.95. The van der Waals surface area contributed by atoms with Gasteiger partial charge >= 0.3 is 0 Å². The molecule has 1 aliphatic heterocycles. The lowest BCUT2D eigenvalue weighted by Gasteiger charge is -2.41. The van der Waals surface area contributed by atoms with Gasteiger partial charge in [0.05, 0.1) is 4.47 Å². The summed E-state index contributed by atoms with van der Waals surface area (Å²) in [6.07, 6.45) is 6.81. The van der Waals surface area contributed by atoms with Gasteiger partial charge in [0.15, 0.2) is 0 Å². The van der Waals surface area contributed by atoms with Gasteiger partial charge in [0.25, 0.3) is 0 Å². The van der Waals surface area contributed by atoms with E-state index in [1.165, 1.54) is 37.7 Å². The molecule has 0 aromatic heterocycles. The van der Waals surface area contributed by atoms with E-state index < -0.39 is 0 Å². The highest BCUT2D eigenvalue weighted by atomic mass is 79.9. The van der Waals surface area contributed by atoms with Crippen LogP contribution >= 0.6 is 40.7 Å². The summed E-state index contributed by atoms with van der Waals surface area (Å²) in [7, 11) is 0. The molecule has 2 N–H and O–H groups in total. The molecule has 1 aliphatic carbocycles. The molecule has 6 heteroatoms. The summed E-state index contributed by atoms with van der Waals surface area (Å²) in [6, 6.07) is 6.57. The maximum atomic E-state index is 9.78. The van der Waals surface area contributed by atoms with Crippen molar-refractivity contribution in [1.82, 2.24) is 10.2 Å². The van der Waals surface area contributed by atoms with E-state index in [2.05, 4.69) is 38.3 Å². The Labute approximate surface area is 160 Å². The number of aromatic hydroxyl groups is 1. The normalized spacial score (nSPS) is 21.1. The molecule has 3 rings (SSSR count). The Balaban J connectivity index is 0.00000132. The molecule has 132 valence electrons. The van der Waals surface area contributed by atoms with Crippen LogP contribution in [0.1, 0.15) is 43.7 Å². The lowest BCUT2D eigenvalue weighted by atomic mass is 9.80. The lowest BCUT2D eigenvalue weighted by molar-refractivity contribution is 0.103. The Morgan fingerprint density at radius 2 is 1.74 bits per heavy atom. The Morgan fingerprint density at radius 1 is 1.09 bits per heavy atom. The van der Waals surface area contributed by atoms with Crippen LogP contribution < -0.4 is 5.32 Å². The number of piperazine rings is 1. The Bertz CT molecular complexity index is 460. The summed E-state index contributed by atoms with van der Waals surface area (Å²) >= 11 is 3.48. The molecule has 23 heavy (non-hydrogen) atoms. The second kappa shape index (κ2) is 10.1. The minimum Gasteiger partial charge on any atom is -0.507 e. The number of benzene rings is 1. The molecule has 0 amide bonds. The largest absolute Gasteiger partial charge is 0.507 e. The van der Waals surface area contributed by atoms with Crippen LogP contribution in [0.25, 0.3) is 0 Å².